The molecular weight excluding hydrogens is 262 g/mol. The number of rotatable bonds is 8. The van der Waals surface area contributed by atoms with Gasteiger partial charge in [0.15, 0.2) is 0 Å². The normalized spacial score (nSPS) is 13.2. The predicted molar refractivity (Wildman–Crippen MR) is 91.0 cm³/mol. The van der Waals surface area contributed by atoms with Gasteiger partial charge < -0.3 is 10.2 Å². The van der Waals surface area contributed by atoms with Crippen molar-refractivity contribution in [2.75, 3.05) is 14.1 Å². The van der Waals surface area contributed by atoms with E-state index in [1.807, 2.05) is 32.0 Å². The number of nitrogens with zero attached hydrogens (tertiary/aromatic N) is 2. The molecule has 0 bridgehead atoms. The number of carbonyl (C=O) groups excluding carboxylic acids is 1. The van der Waals surface area contributed by atoms with Crippen LogP contribution in [0.15, 0.2) is 53.5 Å². The Morgan fingerprint density at radius 3 is 2.52 bits per heavy atom. The highest BCUT2D eigenvalue weighted by Gasteiger charge is 2.04. The van der Waals surface area contributed by atoms with Gasteiger partial charge in [0.05, 0.1) is 5.70 Å². The highest BCUT2D eigenvalue weighted by Crippen LogP contribution is 2.08. The third-order valence-corrected chi connectivity index (χ3v) is 2.71. The van der Waals surface area contributed by atoms with Crippen LogP contribution < -0.4 is 5.32 Å². The summed E-state index contributed by atoms with van der Waals surface area (Å²) >= 11 is 0. The number of allylic oxidation sites excluding steroid dienone is 4. The van der Waals surface area contributed by atoms with Crippen LogP contribution in [-0.4, -0.2) is 31.1 Å². The minimum Gasteiger partial charge on any atom is -0.380 e. The van der Waals surface area contributed by atoms with Crippen molar-refractivity contribution in [3.63, 3.8) is 0 Å². The van der Waals surface area contributed by atoms with Crippen LogP contribution in [0.3, 0.4) is 0 Å². The standard InChI is InChI=1S/C17H27N3O/c1-7-12-18-13-11-17(21)19-16(15(4)20(5)6)10-8-9-14(2)3/h7-8,10-14H,1,9H2,2-6H3,(H,19,21)/b10-8-,13-11+,16-15-,18-12?. The zero-order valence-corrected chi connectivity index (χ0v) is 13.8. The lowest BCUT2D eigenvalue weighted by atomic mass is 10.1. The average molecular weight is 289 g/mol. The molecule has 0 aliphatic heterocycles. The maximum atomic E-state index is 11.9. The van der Waals surface area contributed by atoms with Gasteiger partial charge in [-0.15, -0.1) is 0 Å². The van der Waals surface area contributed by atoms with Gasteiger partial charge in [0, 0.05) is 38.3 Å². The molecule has 0 aromatic rings. The summed E-state index contributed by atoms with van der Waals surface area (Å²) in [6.07, 6.45) is 10.9. The first-order valence-corrected chi connectivity index (χ1v) is 7.05. The Morgan fingerprint density at radius 1 is 1.33 bits per heavy atom. The Morgan fingerprint density at radius 2 is 2.00 bits per heavy atom. The van der Waals surface area contributed by atoms with E-state index in [2.05, 4.69) is 36.8 Å². The molecule has 0 heterocycles. The van der Waals surface area contributed by atoms with E-state index in [-0.39, 0.29) is 5.91 Å². The van der Waals surface area contributed by atoms with Crippen molar-refractivity contribution in [2.45, 2.75) is 27.2 Å². The van der Waals surface area contributed by atoms with Crippen LogP contribution in [0.2, 0.25) is 0 Å². The van der Waals surface area contributed by atoms with Crippen LogP contribution in [0.1, 0.15) is 27.2 Å². The Hall–Kier alpha value is -2.10. The van der Waals surface area contributed by atoms with Crippen LogP contribution in [-0.2, 0) is 4.79 Å². The lowest BCUT2D eigenvalue weighted by Gasteiger charge is -2.17. The van der Waals surface area contributed by atoms with Gasteiger partial charge in [-0.1, -0.05) is 32.6 Å². The van der Waals surface area contributed by atoms with Gasteiger partial charge in [-0.3, -0.25) is 9.79 Å². The molecule has 0 spiro atoms. The molecule has 1 amide bonds. The Kier molecular flexibility index (Phi) is 9.59. The van der Waals surface area contributed by atoms with E-state index in [1.165, 1.54) is 18.5 Å². The fourth-order valence-electron chi connectivity index (χ4n) is 1.35. The maximum Gasteiger partial charge on any atom is 0.249 e. The molecule has 0 aliphatic carbocycles. The van der Waals surface area contributed by atoms with Crippen molar-refractivity contribution in [3.05, 3.63) is 48.5 Å². The van der Waals surface area contributed by atoms with Crippen LogP contribution in [0, 0.1) is 5.92 Å². The summed E-state index contributed by atoms with van der Waals surface area (Å²) in [5, 5.41) is 2.87. The highest BCUT2D eigenvalue weighted by molar-refractivity contribution is 5.89. The summed E-state index contributed by atoms with van der Waals surface area (Å²) < 4.78 is 0. The molecule has 0 aromatic heterocycles. The largest absolute Gasteiger partial charge is 0.380 e. The lowest BCUT2D eigenvalue weighted by Crippen LogP contribution is -2.24. The summed E-state index contributed by atoms with van der Waals surface area (Å²) in [5.41, 5.74) is 1.79. The fraction of sp³-hybridized carbons (Fsp3) is 0.412. The monoisotopic (exact) mass is 289 g/mol. The molecule has 0 rings (SSSR count). The molecular formula is C17H27N3O. The summed E-state index contributed by atoms with van der Waals surface area (Å²) in [6, 6.07) is 0. The predicted octanol–water partition coefficient (Wildman–Crippen LogP) is 3.27. The Labute approximate surface area is 128 Å². The Bertz CT molecular complexity index is 455. The second kappa shape index (κ2) is 10.7. The van der Waals surface area contributed by atoms with E-state index in [0.717, 1.165) is 17.8 Å². The molecule has 4 heteroatoms. The first-order chi connectivity index (χ1) is 9.88. The maximum absolute atomic E-state index is 11.9. The van der Waals surface area contributed by atoms with Gasteiger partial charge in [0.1, 0.15) is 0 Å². The number of amides is 1. The Balaban J connectivity index is 4.92. The van der Waals surface area contributed by atoms with Crippen molar-refractivity contribution < 1.29 is 4.79 Å². The van der Waals surface area contributed by atoms with Crippen molar-refractivity contribution in [2.24, 2.45) is 10.9 Å². The number of nitrogens with one attached hydrogen (secondary N) is 1. The molecule has 0 aromatic carbocycles. The van der Waals surface area contributed by atoms with E-state index in [1.54, 1.807) is 6.08 Å². The third kappa shape index (κ3) is 9.44. The van der Waals surface area contributed by atoms with Crippen molar-refractivity contribution in [1.82, 2.24) is 10.2 Å². The van der Waals surface area contributed by atoms with E-state index < -0.39 is 0 Å². The molecule has 4 nitrogen and oxygen atoms in total. The fourth-order valence-corrected chi connectivity index (χ4v) is 1.35. The topological polar surface area (TPSA) is 44.7 Å². The van der Waals surface area contributed by atoms with Gasteiger partial charge in [0.25, 0.3) is 0 Å². The van der Waals surface area contributed by atoms with Gasteiger partial charge in [-0.05, 0) is 25.3 Å². The van der Waals surface area contributed by atoms with Gasteiger partial charge >= 0.3 is 0 Å². The molecule has 0 radical (unpaired) electrons. The van der Waals surface area contributed by atoms with Gasteiger partial charge in [-0.25, -0.2) is 0 Å². The third-order valence-electron chi connectivity index (χ3n) is 2.71. The van der Waals surface area contributed by atoms with Crippen LogP contribution in [0.4, 0.5) is 0 Å². The molecule has 21 heavy (non-hydrogen) atoms. The molecule has 0 saturated heterocycles. The second-order valence-corrected chi connectivity index (χ2v) is 5.26. The number of hydrogen-bond acceptors (Lipinski definition) is 3. The lowest BCUT2D eigenvalue weighted by molar-refractivity contribution is -0.115. The van der Waals surface area contributed by atoms with Crippen LogP contribution in [0.25, 0.3) is 0 Å². The summed E-state index contributed by atoms with van der Waals surface area (Å²) in [5.74, 6) is 0.382. The minimum atomic E-state index is -0.207. The first kappa shape index (κ1) is 18.9. The second-order valence-electron chi connectivity index (χ2n) is 5.26. The first-order valence-electron chi connectivity index (χ1n) is 7.05. The van der Waals surface area contributed by atoms with Gasteiger partial charge in [-0.2, -0.15) is 0 Å². The molecule has 0 unspecified atom stereocenters. The van der Waals surface area contributed by atoms with E-state index in [0.29, 0.717) is 5.92 Å². The quantitative estimate of drug-likeness (QED) is 0.423. The van der Waals surface area contributed by atoms with Crippen LogP contribution >= 0.6 is 0 Å². The average Bonchev–Trinajstić information content (AvgIpc) is 2.41. The number of carbonyl (C=O) groups is 1. The van der Waals surface area contributed by atoms with E-state index >= 15 is 0 Å². The zero-order chi connectivity index (χ0) is 16.3. The minimum absolute atomic E-state index is 0.207. The number of hydrogen-bond donors (Lipinski definition) is 1. The molecule has 0 aliphatic rings. The highest BCUT2D eigenvalue weighted by atomic mass is 16.1. The number of aliphatic imine (C=N–C) groups is 1. The van der Waals surface area contributed by atoms with Crippen LogP contribution in [0.5, 0.6) is 0 Å². The van der Waals surface area contributed by atoms with Crippen molar-refractivity contribution in [1.29, 1.82) is 0 Å². The van der Waals surface area contributed by atoms with Gasteiger partial charge in [0.2, 0.25) is 5.91 Å². The molecule has 0 atom stereocenters. The van der Waals surface area contributed by atoms with E-state index in [9.17, 15) is 4.79 Å². The zero-order valence-electron chi connectivity index (χ0n) is 13.8. The smallest absolute Gasteiger partial charge is 0.249 e. The molecule has 1 N–H and O–H groups in total. The molecule has 0 saturated carbocycles. The van der Waals surface area contributed by atoms with E-state index in [4.69, 9.17) is 0 Å². The molecule has 116 valence electrons. The summed E-state index contributed by atoms with van der Waals surface area (Å²) in [6.45, 7) is 9.79. The van der Waals surface area contributed by atoms with Crippen molar-refractivity contribution in [3.8, 4) is 0 Å². The summed E-state index contributed by atoms with van der Waals surface area (Å²) in [4.78, 5) is 17.7. The SMILES string of the molecule is C=CC=N/C=C/C(=O)NC(/C=C\CC(C)C)=C(/C)N(C)C. The van der Waals surface area contributed by atoms with Crippen molar-refractivity contribution >= 4 is 12.1 Å². The molecule has 0 fully saturated rings. The summed E-state index contributed by atoms with van der Waals surface area (Å²) in [7, 11) is 3.89.